The van der Waals surface area contributed by atoms with Crippen LogP contribution in [0.25, 0.3) is 0 Å². The number of hydrazine groups is 1. The van der Waals surface area contributed by atoms with Gasteiger partial charge in [-0.25, -0.2) is 4.79 Å². The van der Waals surface area contributed by atoms with Gasteiger partial charge in [0.15, 0.2) is 0 Å². The molecule has 0 aliphatic carbocycles. The first-order chi connectivity index (χ1) is 15.7. The first kappa shape index (κ1) is 24.0. The molecule has 4 amide bonds. The summed E-state index contributed by atoms with van der Waals surface area (Å²) in [4.78, 5) is 43.2. The van der Waals surface area contributed by atoms with Gasteiger partial charge in [0, 0.05) is 44.1 Å². The average molecular weight is 465 g/mol. The molecule has 0 saturated carbocycles. The molecule has 1 fully saturated rings. The van der Waals surface area contributed by atoms with Gasteiger partial charge in [0.1, 0.15) is 0 Å². The molecule has 0 unspecified atom stereocenters. The minimum atomic E-state index is -5.11. The summed E-state index contributed by atoms with van der Waals surface area (Å²) in [6, 6.07) is 9.43. The molecule has 3 rings (SSSR count). The van der Waals surface area contributed by atoms with E-state index in [2.05, 4.69) is 4.98 Å². The van der Waals surface area contributed by atoms with Crippen LogP contribution in [0, 0.1) is 0 Å². The Morgan fingerprint density at radius 1 is 0.939 bits per heavy atom. The summed E-state index contributed by atoms with van der Waals surface area (Å²) >= 11 is 0. The molecule has 0 bridgehead atoms. The number of morpholine rings is 1. The summed E-state index contributed by atoms with van der Waals surface area (Å²) in [6.45, 7) is 2.46. The number of benzene rings is 1. The van der Waals surface area contributed by atoms with Crippen molar-refractivity contribution < 1.29 is 32.3 Å². The fourth-order valence-corrected chi connectivity index (χ4v) is 3.09. The number of hydrogen-bond acceptors (Lipinski definition) is 5. The van der Waals surface area contributed by atoms with E-state index in [0.29, 0.717) is 38.4 Å². The molecule has 1 aliphatic rings. The lowest BCUT2D eigenvalue weighted by atomic mass is 10.1. The number of carbonyl (C=O) groups excluding carboxylic acids is 3. The van der Waals surface area contributed by atoms with E-state index in [9.17, 15) is 27.6 Å². The number of hydrogen-bond donors (Lipinski definition) is 2. The van der Waals surface area contributed by atoms with Crippen molar-refractivity contribution in [1.82, 2.24) is 25.6 Å². The van der Waals surface area contributed by atoms with E-state index in [1.54, 1.807) is 39.8 Å². The number of rotatable bonds is 5. The van der Waals surface area contributed by atoms with Crippen molar-refractivity contribution >= 4 is 17.8 Å². The molecule has 1 aromatic heterocycles. The molecule has 0 spiro atoms. The number of aromatic nitrogens is 1. The van der Waals surface area contributed by atoms with Crippen LogP contribution < -0.4 is 10.9 Å². The highest BCUT2D eigenvalue weighted by Crippen LogP contribution is 2.15. The minimum absolute atomic E-state index is 0.0430. The Bertz CT molecular complexity index is 964. The zero-order valence-corrected chi connectivity index (χ0v) is 17.5. The number of ether oxygens (including phenoxy) is 1. The van der Waals surface area contributed by atoms with Gasteiger partial charge in [0.2, 0.25) is 0 Å². The summed E-state index contributed by atoms with van der Waals surface area (Å²) in [6.07, 6.45) is -1.84. The van der Waals surface area contributed by atoms with Gasteiger partial charge in [0.25, 0.3) is 5.91 Å². The first-order valence-electron chi connectivity index (χ1n) is 10.0. The van der Waals surface area contributed by atoms with Gasteiger partial charge < -0.3 is 14.5 Å². The van der Waals surface area contributed by atoms with Crippen molar-refractivity contribution in [3.05, 3.63) is 65.5 Å². The van der Waals surface area contributed by atoms with E-state index < -0.39 is 18.0 Å². The topological polar surface area (TPSA) is 104 Å². The molecule has 0 atom stereocenters. The Kier molecular flexibility index (Phi) is 7.83. The zero-order valence-electron chi connectivity index (χ0n) is 17.5. The standard InChI is InChI=1S/C21H22F3N5O4/c22-21(23,24)19(31)27-26-18(30)17-3-1-15(2-4-17)13-29(14-16-5-7-25-8-6-16)20(32)28-9-11-33-12-10-28/h1-8H,9-14H2,(H,26,30)(H,27,31). The van der Waals surface area contributed by atoms with E-state index in [-0.39, 0.29) is 18.1 Å². The SMILES string of the molecule is O=C(NNC(=O)C(F)(F)F)c1ccc(CN(Cc2ccncc2)C(=O)N2CCOCC2)cc1. The Labute approximate surface area is 187 Å². The van der Waals surface area contributed by atoms with Crippen LogP contribution in [-0.2, 0) is 22.6 Å². The van der Waals surface area contributed by atoms with Crippen LogP contribution in [-0.4, -0.2) is 65.1 Å². The second kappa shape index (κ2) is 10.8. The maximum absolute atomic E-state index is 13.1. The molecule has 2 N–H and O–H groups in total. The molecular weight excluding hydrogens is 443 g/mol. The summed E-state index contributed by atoms with van der Waals surface area (Å²) in [5.74, 6) is -3.18. The molecule has 1 saturated heterocycles. The lowest BCUT2D eigenvalue weighted by Crippen LogP contribution is -2.47. The summed E-state index contributed by atoms with van der Waals surface area (Å²) in [5.41, 5.74) is 4.67. The Hall–Kier alpha value is -3.67. The van der Waals surface area contributed by atoms with Crippen molar-refractivity contribution in [1.29, 1.82) is 0 Å². The Balaban J connectivity index is 1.67. The number of nitrogens with one attached hydrogen (secondary N) is 2. The largest absolute Gasteiger partial charge is 0.472 e. The second-order valence-electron chi connectivity index (χ2n) is 7.20. The summed E-state index contributed by atoms with van der Waals surface area (Å²) in [7, 11) is 0. The van der Waals surface area contributed by atoms with Gasteiger partial charge in [-0.2, -0.15) is 13.2 Å². The predicted octanol–water partition coefficient (Wildman–Crippen LogP) is 1.86. The van der Waals surface area contributed by atoms with E-state index in [1.807, 2.05) is 12.1 Å². The van der Waals surface area contributed by atoms with Gasteiger partial charge >= 0.3 is 18.1 Å². The number of amides is 4. The molecule has 1 aromatic carbocycles. The summed E-state index contributed by atoms with van der Waals surface area (Å²) < 4.78 is 42.0. The predicted molar refractivity (Wildman–Crippen MR) is 109 cm³/mol. The number of carbonyl (C=O) groups is 3. The van der Waals surface area contributed by atoms with Crippen LogP contribution in [0.2, 0.25) is 0 Å². The lowest BCUT2D eigenvalue weighted by Gasteiger charge is -2.33. The smallest absolute Gasteiger partial charge is 0.378 e. The third kappa shape index (κ3) is 6.91. The lowest BCUT2D eigenvalue weighted by molar-refractivity contribution is -0.174. The molecule has 176 valence electrons. The van der Waals surface area contributed by atoms with Crippen LogP contribution in [0.15, 0.2) is 48.8 Å². The molecule has 0 radical (unpaired) electrons. The molecular formula is C21H22F3N5O4. The maximum Gasteiger partial charge on any atom is 0.472 e. The Morgan fingerprint density at radius 3 is 2.09 bits per heavy atom. The van der Waals surface area contributed by atoms with Crippen molar-refractivity contribution in [2.45, 2.75) is 19.3 Å². The van der Waals surface area contributed by atoms with E-state index in [4.69, 9.17) is 4.74 Å². The van der Waals surface area contributed by atoms with E-state index in [1.165, 1.54) is 17.6 Å². The van der Waals surface area contributed by atoms with Gasteiger partial charge in [-0.3, -0.25) is 25.4 Å². The highest BCUT2D eigenvalue weighted by atomic mass is 19.4. The maximum atomic E-state index is 13.1. The van der Waals surface area contributed by atoms with Crippen molar-refractivity contribution in [3.8, 4) is 0 Å². The van der Waals surface area contributed by atoms with E-state index >= 15 is 0 Å². The number of halogens is 3. The van der Waals surface area contributed by atoms with Crippen LogP contribution in [0.4, 0.5) is 18.0 Å². The first-order valence-corrected chi connectivity index (χ1v) is 10.0. The van der Waals surface area contributed by atoms with Crippen molar-refractivity contribution in [2.75, 3.05) is 26.3 Å². The molecule has 33 heavy (non-hydrogen) atoms. The van der Waals surface area contributed by atoms with E-state index in [0.717, 1.165) is 5.56 Å². The van der Waals surface area contributed by atoms with Crippen LogP contribution in [0.3, 0.4) is 0 Å². The normalized spacial score (nSPS) is 13.8. The van der Waals surface area contributed by atoms with Crippen LogP contribution in [0.1, 0.15) is 21.5 Å². The third-order valence-electron chi connectivity index (χ3n) is 4.81. The van der Waals surface area contributed by atoms with Crippen molar-refractivity contribution in [3.63, 3.8) is 0 Å². The fraction of sp³-hybridized carbons (Fsp3) is 0.333. The third-order valence-corrected chi connectivity index (χ3v) is 4.81. The second-order valence-corrected chi connectivity index (χ2v) is 7.20. The highest BCUT2D eigenvalue weighted by molar-refractivity contribution is 5.95. The van der Waals surface area contributed by atoms with Gasteiger partial charge in [-0.15, -0.1) is 0 Å². The minimum Gasteiger partial charge on any atom is -0.378 e. The fourth-order valence-electron chi connectivity index (χ4n) is 3.09. The molecule has 2 heterocycles. The Morgan fingerprint density at radius 2 is 1.52 bits per heavy atom. The van der Waals surface area contributed by atoms with Crippen molar-refractivity contribution in [2.24, 2.45) is 0 Å². The average Bonchev–Trinajstić information content (AvgIpc) is 2.82. The van der Waals surface area contributed by atoms with Gasteiger partial charge in [-0.05, 0) is 35.4 Å². The number of alkyl halides is 3. The molecule has 2 aromatic rings. The van der Waals surface area contributed by atoms with Crippen LogP contribution >= 0.6 is 0 Å². The van der Waals surface area contributed by atoms with Crippen LogP contribution in [0.5, 0.6) is 0 Å². The molecule has 1 aliphatic heterocycles. The molecule has 12 heteroatoms. The zero-order chi connectivity index (χ0) is 23.8. The number of nitrogens with zero attached hydrogens (tertiary/aromatic N) is 3. The van der Waals surface area contributed by atoms with Gasteiger partial charge in [0.05, 0.1) is 13.2 Å². The van der Waals surface area contributed by atoms with Gasteiger partial charge in [-0.1, -0.05) is 12.1 Å². The number of urea groups is 1. The molecule has 9 nitrogen and oxygen atoms in total. The highest BCUT2D eigenvalue weighted by Gasteiger charge is 2.39. The number of pyridine rings is 1. The quantitative estimate of drug-likeness (QED) is 0.657. The monoisotopic (exact) mass is 465 g/mol. The summed E-state index contributed by atoms with van der Waals surface area (Å²) in [5, 5.41) is 0.